The zero-order valence-corrected chi connectivity index (χ0v) is 7.21. The predicted octanol–water partition coefficient (Wildman–Crippen LogP) is 0.827. The van der Waals surface area contributed by atoms with E-state index in [1.54, 1.807) is 12.1 Å². The fourth-order valence-corrected chi connectivity index (χ4v) is 1.34. The largest absolute Gasteiger partial charge is 0.506 e. The molecule has 5 heteroatoms. The number of para-hydroxylation sites is 1. The van der Waals surface area contributed by atoms with Crippen LogP contribution in [0, 0.1) is 0 Å². The van der Waals surface area contributed by atoms with E-state index >= 15 is 0 Å². The van der Waals surface area contributed by atoms with Crippen LogP contribution in [-0.4, -0.2) is 25.7 Å². The van der Waals surface area contributed by atoms with Gasteiger partial charge in [0.1, 0.15) is 17.8 Å². The van der Waals surface area contributed by atoms with E-state index in [2.05, 4.69) is 4.98 Å². The van der Waals surface area contributed by atoms with Gasteiger partial charge < -0.3 is 14.8 Å². The van der Waals surface area contributed by atoms with Crippen molar-refractivity contribution in [2.24, 2.45) is 0 Å². The highest BCUT2D eigenvalue weighted by atomic mass is 16.4. The molecular formula is C9H8N2O3. The van der Waals surface area contributed by atoms with E-state index in [4.69, 9.17) is 5.11 Å². The Hall–Kier alpha value is -2.04. The van der Waals surface area contributed by atoms with E-state index in [-0.39, 0.29) is 12.3 Å². The van der Waals surface area contributed by atoms with Gasteiger partial charge >= 0.3 is 5.97 Å². The molecule has 0 aliphatic rings. The van der Waals surface area contributed by atoms with E-state index < -0.39 is 5.97 Å². The number of phenols is 1. The Kier molecular flexibility index (Phi) is 1.85. The van der Waals surface area contributed by atoms with Gasteiger partial charge in [0.15, 0.2) is 0 Å². The summed E-state index contributed by atoms with van der Waals surface area (Å²) in [5.41, 5.74) is 1.04. The van der Waals surface area contributed by atoms with Crippen molar-refractivity contribution in [3.05, 3.63) is 24.5 Å². The van der Waals surface area contributed by atoms with Gasteiger partial charge in [0, 0.05) is 0 Å². The van der Waals surface area contributed by atoms with Crippen molar-refractivity contribution in [2.75, 3.05) is 0 Å². The van der Waals surface area contributed by atoms with E-state index in [1.165, 1.54) is 17.0 Å². The summed E-state index contributed by atoms with van der Waals surface area (Å²) in [5, 5.41) is 18.0. The number of aliphatic carboxylic acids is 1. The molecule has 72 valence electrons. The Morgan fingerprint density at radius 1 is 1.50 bits per heavy atom. The number of hydrogen-bond acceptors (Lipinski definition) is 3. The number of nitrogens with zero attached hydrogens (tertiary/aromatic N) is 2. The van der Waals surface area contributed by atoms with Crippen LogP contribution in [0.1, 0.15) is 0 Å². The normalized spacial score (nSPS) is 10.6. The number of aromatic hydroxyl groups is 1. The lowest BCUT2D eigenvalue weighted by atomic mass is 10.3. The Labute approximate surface area is 79.2 Å². The van der Waals surface area contributed by atoms with Crippen molar-refractivity contribution in [3.63, 3.8) is 0 Å². The second-order valence-electron chi connectivity index (χ2n) is 2.91. The third-order valence-electron chi connectivity index (χ3n) is 1.93. The minimum absolute atomic E-state index is 0.0617. The summed E-state index contributed by atoms with van der Waals surface area (Å²) < 4.78 is 1.47. The van der Waals surface area contributed by atoms with Crippen LogP contribution in [0.3, 0.4) is 0 Å². The van der Waals surface area contributed by atoms with Crippen molar-refractivity contribution in [1.82, 2.24) is 9.55 Å². The molecule has 0 unspecified atom stereocenters. The van der Waals surface area contributed by atoms with Crippen molar-refractivity contribution in [1.29, 1.82) is 0 Å². The first-order valence-electron chi connectivity index (χ1n) is 4.03. The Bertz CT molecular complexity index is 490. The van der Waals surface area contributed by atoms with Crippen LogP contribution in [0.15, 0.2) is 24.5 Å². The molecule has 5 nitrogen and oxygen atoms in total. The Balaban J connectivity index is 2.58. The second-order valence-corrected chi connectivity index (χ2v) is 2.91. The molecule has 0 bridgehead atoms. The molecule has 0 saturated heterocycles. The third-order valence-corrected chi connectivity index (χ3v) is 1.93. The summed E-state index contributed by atoms with van der Waals surface area (Å²) in [6.45, 7) is -0.153. The molecular weight excluding hydrogens is 184 g/mol. The fourth-order valence-electron chi connectivity index (χ4n) is 1.34. The van der Waals surface area contributed by atoms with Crippen LogP contribution in [0.25, 0.3) is 11.0 Å². The van der Waals surface area contributed by atoms with Crippen LogP contribution in [0.5, 0.6) is 5.75 Å². The van der Waals surface area contributed by atoms with Crippen LogP contribution >= 0.6 is 0 Å². The molecule has 0 radical (unpaired) electrons. The van der Waals surface area contributed by atoms with Crippen molar-refractivity contribution >= 4 is 17.0 Å². The lowest BCUT2D eigenvalue weighted by Gasteiger charge is -1.99. The lowest BCUT2D eigenvalue weighted by molar-refractivity contribution is -0.137. The van der Waals surface area contributed by atoms with Gasteiger partial charge in [-0.05, 0) is 12.1 Å². The standard InChI is InChI=1S/C9H8N2O3/c12-7-3-1-2-6-9(7)10-5-11(6)4-8(13)14/h1-3,5,12H,4H2,(H,13,14). The van der Waals surface area contributed by atoms with Gasteiger partial charge in [0.25, 0.3) is 0 Å². The van der Waals surface area contributed by atoms with Gasteiger partial charge in [-0.15, -0.1) is 0 Å². The first kappa shape index (κ1) is 8.55. The molecule has 0 amide bonds. The Morgan fingerprint density at radius 3 is 3.00 bits per heavy atom. The van der Waals surface area contributed by atoms with Gasteiger partial charge in [-0.3, -0.25) is 4.79 Å². The first-order chi connectivity index (χ1) is 6.68. The number of carbonyl (C=O) groups is 1. The molecule has 0 spiro atoms. The number of carboxylic acids is 1. The molecule has 1 heterocycles. The van der Waals surface area contributed by atoms with E-state index in [9.17, 15) is 9.90 Å². The average molecular weight is 192 g/mol. The number of hydrogen-bond donors (Lipinski definition) is 2. The minimum Gasteiger partial charge on any atom is -0.506 e. The highest BCUT2D eigenvalue weighted by molar-refractivity contribution is 5.82. The molecule has 0 aliphatic carbocycles. The molecule has 0 atom stereocenters. The monoisotopic (exact) mass is 192 g/mol. The molecule has 1 aromatic carbocycles. The van der Waals surface area contributed by atoms with Gasteiger partial charge in [0.2, 0.25) is 0 Å². The molecule has 14 heavy (non-hydrogen) atoms. The number of carboxylic acid groups (broad SMARTS) is 1. The quantitative estimate of drug-likeness (QED) is 0.738. The summed E-state index contributed by atoms with van der Waals surface area (Å²) in [5.74, 6) is -0.876. The summed E-state index contributed by atoms with van der Waals surface area (Å²) >= 11 is 0. The molecule has 0 saturated carbocycles. The average Bonchev–Trinajstić information content (AvgIpc) is 2.49. The van der Waals surface area contributed by atoms with Crippen LogP contribution in [0.2, 0.25) is 0 Å². The highest BCUT2D eigenvalue weighted by Gasteiger charge is 2.07. The summed E-state index contributed by atoms with van der Waals surface area (Å²) in [7, 11) is 0. The van der Waals surface area contributed by atoms with Gasteiger partial charge in [-0.25, -0.2) is 4.98 Å². The number of imidazole rings is 1. The van der Waals surface area contributed by atoms with Crippen molar-refractivity contribution in [3.8, 4) is 5.75 Å². The summed E-state index contributed by atoms with van der Waals surface area (Å²) in [4.78, 5) is 14.4. The van der Waals surface area contributed by atoms with Crippen molar-refractivity contribution < 1.29 is 15.0 Å². The third kappa shape index (κ3) is 1.28. The molecule has 2 aromatic rings. The fraction of sp³-hybridized carbons (Fsp3) is 0.111. The number of fused-ring (bicyclic) bond motifs is 1. The van der Waals surface area contributed by atoms with E-state index in [1.807, 2.05) is 0 Å². The molecule has 1 aromatic heterocycles. The maximum atomic E-state index is 10.5. The maximum absolute atomic E-state index is 10.5. The SMILES string of the molecule is O=C(O)Cn1cnc2c(O)cccc21. The number of phenolic OH excluding ortho intramolecular Hbond substituents is 1. The Morgan fingerprint density at radius 2 is 2.29 bits per heavy atom. The second kappa shape index (κ2) is 3.02. The van der Waals surface area contributed by atoms with E-state index in [0.29, 0.717) is 11.0 Å². The van der Waals surface area contributed by atoms with Gasteiger partial charge in [-0.1, -0.05) is 6.07 Å². The van der Waals surface area contributed by atoms with Gasteiger partial charge in [-0.2, -0.15) is 0 Å². The zero-order chi connectivity index (χ0) is 10.1. The molecule has 2 rings (SSSR count). The summed E-state index contributed by atoms with van der Waals surface area (Å²) in [6.07, 6.45) is 1.40. The predicted molar refractivity (Wildman–Crippen MR) is 49.0 cm³/mol. The molecule has 2 N–H and O–H groups in total. The topological polar surface area (TPSA) is 75.3 Å². The molecule has 0 aliphatic heterocycles. The van der Waals surface area contributed by atoms with Gasteiger partial charge in [0.05, 0.1) is 11.8 Å². The number of aromatic nitrogens is 2. The van der Waals surface area contributed by atoms with Crippen LogP contribution < -0.4 is 0 Å². The van der Waals surface area contributed by atoms with Crippen LogP contribution in [-0.2, 0) is 11.3 Å². The highest BCUT2D eigenvalue weighted by Crippen LogP contribution is 2.22. The molecule has 0 fully saturated rings. The first-order valence-corrected chi connectivity index (χ1v) is 4.03. The van der Waals surface area contributed by atoms with Crippen molar-refractivity contribution in [2.45, 2.75) is 6.54 Å². The number of benzene rings is 1. The maximum Gasteiger partial charge on any atom is 0.323 e. The van der Waals surface area contributed by atoms with E-state index in [0.717, 1.165) is 0 Å². The smallest absolute Gasteiger partial charge is 0.323 e. The van der Waals surface area contributed by atoms with Crippen LogP contribution in [0.4, 0.5) is 0 Å². The minimum atomic E-state index is -0.937. The lowest BCUT2D eigenvalue weighted by Crippen LogP contribution is -2.07. The zero-order valence-electron chi connectivity index (χ0n) is 7.21. The number of rotatable bonds is 2. The summed E-state index contributed by atoms with van der Waals surface area (Å²) in [6, 6.07) is 4.88.